The van der Waals surface area contributed by atoms with Crippen molar-refractivity contribution in [2.24, 2.45) is 0 Å². The molecule has 3 aliphatic heterocycles. The summed E-state index contributed by atoms with van der Waals surface area (Å²) in [5.41, 5.74) is 11.2. The van der Waals surface area contributed by atoms with Gasteiger partial charge in [-0.1, -0.05) is 26.5 Å². The second kappa shape index (κ2) is 9.94. The average Bonchev–Trinajstić information content (AvgIpc) is 3.61. The van der Waals surface area contributed by atoms with Crippen LogP contribution in [0.4, 0.5) is 0 Å². The van der Waals surface area contributed by atoms with E-state index in [1.54, 1.807) is 0 Å². The third kappa shape index (κ3) is 4.10. The fourth-order valence-corrected chi connectivity index (χ4v) is 6.52. The van der Waals surface area contributed by atoms with E-state index in [9.17, 15) is 20.1 Å². The van der Waals surface area contributed by atoms with Crippen LogP contribution in [0.25, 0.3) is 50.3 Å². The summed E-state index contributed by atoms with van der Waals surface area (Å²) in [5.74, 6) is -2.35. The van der Waals surface area contributed by atoms with Crippen LogP contribution in [-0.2, 0) is 11.2 Å². The molecular weight excluding hydrogens is 532 g/mol. The lowest BCUT2D eigenvalue weighted by atomic mass is 9.86. The molecule has 0 aliphatic carbocycles. The van der Waals surface area contributed by atoms with Crippen LogP contribution in [0.1, 0.15) is 77.7 Å². The first-order valence-corrected chi connectivity index (χ1v) is 14.2. The maximum atomic E-state index is 11.6. The molecule has 6 rings (SSSR count). The maximum Gasteiger partial charge on any atom is 0.303 e. The van der Waals surface area contributed by atoms with Crippen molar-refractivity contribution in [3.05, 3.63) is 64.0 Å². The van der Waals surface area contributed by atoms with E-state index in [0.717, 1.165) is 56.4 Å². The number of H-pyrrole nitrogens is 2. The van der Waals surface area contributed by atoms with E-state index in [4.69, 9.17) is 14.4 Å². The zero-order valence-corrected chi connectivity index (χ0v) is 24.3. The topological polar surface area (TPSA) is 148 Å². The van der Waals surface area contributed by atoms with E-state index >= 15 is 0 Å². The highest BCUT2D eigenvalue weighted by Crippen LogP contribution is 2.49. The smallest absolute Gasteiger partial charge is 0.303 e. The first-order chi connectivity index (χ1) is 20.0. The number of aryl methyl sites for hydroxylation is 4. The van der Waals surface area contributed by atoms with Crippen molar-refractivity contribution in [1.82, 2.24) is 19.9 Å². The van der Waals surface area contributed by atoms with Crippen molar-refractivity contribution in [3.63, 3.8) is 0 Å². The Labute approximate surface area is 242 Å². The van der Waals surface area contributed by atoms with Gasteiger partial charge in [-0.15, -0.1) is 0 Å². The average molecular weight is 567 g/mol. The van der Waals surface area contributed by atoms with E-state index in [2.05, 4.69) is 36.5 Å². The lowest BCUT2D eigenvalue weighted by Gasteiger charge is -2.16. The molecule has 42 heavy (non-hydrogen) atoms. The zero-order valence-electron chi connectivity index (χ0n) is 24.3. The van der Waals surface area contributed by atoms with Gasteiger partial charge in [0.1, 0.15) is 5.39 Å². The largest absolute Gasteiger partial charge is 0.481 e. The van der Waals surface area contributed by atoms with Crippen molar-refractivity contribution >= 4 is 45.0 Å². The Morgan fingerprint density at radius 1 is 1.00 bits per heavy atom. The summed E-state index contributed by atoms with van der Waals surface area (Å²) in [6.07, 6.45) is 2.87. The van der Waals surface area contributed by atoms with Crippen LogP contribution in [0.5, 0.6) is 11.9 Å². The van der Waals surface area contributed by atoms with Gasteiger partial charge < -0.3 is 29.7 Å². The Morgan fingerprint density at radius 2 is 1.71 bits per heavy atom. The minimum atomic E-state index is -0.913. The van der Waals surface area contributed by atoms with E-state index in [-0.39, 0.29) is 23.6 Å². The highest BCUT2D eigenvalue weighted by molar-refractivity contribution is 5.95. The fourth-order valence-electron chi connectivity index (χ4n) is 6.52. The number of aromatic hydroxyl groups is 2. The molecule has 5 N–H and O–H groups in total. The molecule has 0 saturated carbocycles. The maximum absolute atomic E-state index is 11.6. The molecule has 2 atom stereocenters. The number of aliphatic carboxylic acids is 1. The summed E-state index contributed by atoms with van der Waals surface area (Å²) >= 11 is 0. The van der Waals surface area contributed by atoms with E-state index in [1.165, 1.54) is 0 Å². The molecule has 0 saturated heterocycles. The number of carboxylic acids is 1. The number of nitrogens with zero attached hydrogens (tertiary/aromatic N) is 2. The van der Waals surface area contributed by atoms with Crippen LogP contribution in [0.3, 0.4) is 0 Å². The summed E-state index contributed by atoms with van der Waals surface area (Å²) < 4.78 is 5.47. The lowest BCUT2D eigenvalue weighted by molar-refractivity contribution is -0.137. The SMILES string of the molecule is C=Cc1c(C)c2cc3nc(c4c5nc(cc6[nH]c(cc1[nH]2)c(C)c6CC)c(C)c-5c(O)oc4O)[C@@H](CCC(=O)O)[C@@H]3C. The quantitative estimate of drug-likeness (QED) is 0.147. The Kier molecular flexibility index (Phi) is 6.48. The minimum Gasteiger partial charge on any atom is -0.481 e. The predicted molar refractivity (Wildman–Crippen MR) is 164 cm³/mol. The van der Waals surface area contributed by atoms with Crippen LogP contribution in [0.2, 0.25) is 0 Å². The Morgan fingerprint density at radius 3 is 2.40 bits per heavy atom. The van der Waals surface area contributed by atoms with E-state index < -0.39 is 17.9 Å². The van der Waals surface area contributed by atoms with Gasteiger partial charge in [0.05, 0.1) is 22.5 Å². The number of carbonyl (C=O) groups is 1. The van der Waals surface area contributed by atoms with Gasteiger partial charge in [-0.2, -0.15) is 0 Å². The number of nitrogens with one attached hydrogen (secondary N) is 2. The number of aromatic amines is 2. The van der Waals surface area contributed by atoms with Crippen molar-refractivity contribution in [3.8, 4) is 23.1 Å². The summed E-state index contributed by atoms with van der Waals surface area (Å²) in [6.45, 7) is 14.1. The van der Waals surface area contributed by atoms with Crippen LogP contribution in [-0.4, -0.2) is 41.2 Å². The zero-order chi connectivity index (χ0) is 30.0. The van der Waals surface area contributed by atoms with Crippen LogP contribution in [0.15, 0.2) is 29.2 Å². The molecule has 6 heterocycles. The third-order valence-corrected chi connectivity index (χ3v) is 8.92. The van der Waals surface area contributed by atoms with Gasteiger partial charge >= 0.3 is 5.97 Å². The molecule has 9 heteroatoms. The normalized spacial score (nSPS) is 16.0. The molecule has 3 aromatic rings. The Bertz CT molecular complexity index is 2010. The van der Waals surface area contributed by atoms with Gasteiger partial charge in [0.2, 0.25) is 0 Å². The first-order valence-electron chi connectivity index (χ1n) is 14.2. The number of fused-ring (bicyclic) bond motifs is 8. The van der Waals surface area contributed by atoms with Gasteiger partial charge in [-0.05, 0) is 74.1 Å². The third-order valence-electron chi connectivity index (χ3n) is 8.92. The molecule has 3 aromatic heterocycles. The van der Waals surface area contributed by atoms with Crippen molar-refractivity contribution in [2.45, 2.75) is 65.7 Å². The molecule has 0 unspecified atom stereocenters. The molecule has 3 aliphatic rings. The molecule has 8 bridgehead atoms. The molecular formula is C33H34N4O5. The number of rotatable bonds is 5. The summed E-state index contributed by atoms with van der Waals surface area (Å²) in [7, 11) is 0. The van der Waals surface area contributed by atoms with Crippen LogP contribution >= 0.6 is 0 Å². The minimum absolute atomic E-state index is 0.0672. The highest BCUT2D eigenvalue weighted by Gasteiger charge is 2.35. The molecule has 0 spiro atoms. The summed E-state index contributed by atoms with van der Waals surface area (Å²) in [4.78, 5) is 28.6. The van der Waals surface area contributed by atoms with Crippen molar-refractivity contribution in [2.75, 3.05) is 0 Å². The number of hydrogen-bond donors (Lipinski definition) is 5. The number of carboxylic acid groups (broad SMARTS) is 1. The number of aromatic nitrogens is 4. The van der Waals surface area contributed by atoms with Crippen LogP contribution < -0.4 is 0 Å². The van der Waals surface area contributed by atoms with Gasteiger partial charge in [0.15, 0.2) is 0 Å². The lowest BCUT2D eigenvalue weighted by Crippen LogP contribution is -2.06. The molecule has 0 radical (unpaired) electrons. The Balaban J connectivity index is 1.85. The van der Waals surface area contributed by atoms with Gasteiger partial charge in [-0.25, -0.2) is 4.98 Å². The standard InChI is InChI=1S/C33H34N4O5/c1-7-18-14(3)21-11-23-16(5)20(9-10-27(38)39)30(36-23)29-31-28(32(40)42-33(29)41)17(6)24(37-31)13-26-19(8-2)15(4)22(35-26)12-25(18)34-21/h7,11-13,16,20,34-35,40-41H,1,8-10H2,2-6H3,(H,38,39)/t16-,20-/m0/s1. The van der Waals surface area contributed by atoms with E-state index in [1.807, 2.05) is 39.0 Å². The second-order valence-corrected chi connectivity index (χ2v) is 11.2. The van der Waals surface area contributed by atoms with Crippen LogP contribution in [0, 0.1) is 20.8 Å². The van der Waals surface area contributed by atoms with Gasteiger partial charge in [0, 0.05) is 51.6 Å². The molecule has 216 valence electrons. The highest BCUT2D eigenvalue weighted by atomic mass is 16.5. The predicted octanol–water partition coefficient (Wildman–Crippen LogP) is 7.58. The van der Waals surface area contributed by atoms with Crippen molar-refractivity contribution in [1.29, 1.82) is 0 Å². The van der Waals surface area contributed by atoms with Gasteiger partial charge in [0.25, 0.3) is 11.9 Å². The molecule has 0 fully saturated rings. The van der Waals surface area contributed by atoms with E-state index in [0.29, 0.717) is 34.5 Å². The summed E-state index contributed by atoms with van der Waals surface area (Å²) in [6, 6.07) is 6.03. The monoisotopic (exact) mass is 566 g/mol. The van der Waals surface area contributed by atoms with Gasteiger partial charge in [-0.3, -0.25) is 9.78 Å². The first kappa shape index (κ1) is 27.4. The van der Waals surface area contributed by atoms with Crippen molar-refractivity contribution < 1.29 is 24.5 Å². The summed E-state index contributed by atoms with van der Waals surface area (Å²) in [5, 5.41) is 31.7. The molecule has 0 aromatic carbocycles. The second-order valence-electron chi connectivity index (χ2n) is 11.2. The number of hydrogen-bond acceptors (Lipinski definition) is 6. The molecule has 9 nitrogen and oxygen atoms in total. The Hall–Kier alpha value is -4.79. The molecule has 0 amide bonds. The fraction of sp³-hybridized carbons (Fsp3) is 0.303.